The van der Waals surface area contributed by atoms with E-state index in [9.17, 15) is 9.59 Å². The molecule has 1 fully saturated rings. The lowest BCUT2D eigenvalue weighted by Gasteiger charge is -2.32. The molecule has 0 radical (unpaired) electrons. The second-order valence-corrected chi connectivity index (χ2v) is 4.87. The van der Waals surface area contributed by atoms with Gasteiger partial charge in [0.25, 0.3) is 0 Å². The van der Waals surface area contributed by atoms with Crippen LogP contribution in [0.1, 0.15) is 45.4 Å². The van der Waals surface area contributed by atoms with E-state index in [0.29, 0.717) is 0 Å². The highest BCUT2D eigenvalue weighted by Crippen LogP contribution is 2.26. The zero-order valence-electron chi connectivity index (χ0n) is 11.0. The predicted octanol–water partition coefficient (Wildman–Crippen LogP) is 1.14. The van der Waals surface area contributed by atoms with Gasteiger partial charge in [-0.15, -0.1) is 12.4 Å². The van der Waals surface area contributed by atoms with Crippen LogP contribution in [0.2, 0.25) is 0 Å². The Morgan fingerprint density at radius 3 is 2.39 bits per heavy atom. The van der Waals surface area contributed by atoms with Crippen LogP contribution < -0.4 is 11.1 Å². The Morgan fingerprint density at radius 2 is 1.89 bits per heavy atom. The SMILES string of the molecule is COC(=O)CC(C)NC(=O)C1(N)CCCCC1.Cl. The first-order chi connectivity index (χ1) is 7.98. The largest absolute Gasteiger partial charge is 0.469 e. The van der Waals surface area contributed by atoms with Gasteiger partial charge in [-0.3, -0.25) is 9.59 Å². The van der Waals surface area contributed by atoms with Crippen molar-refractivity contribution in [3.05, 3.63) is 0 Å². The van der Waals surface area contributed by atoms with Crippen LogP contribution in [0.4, 0.5) is 0 Å². The number of esters is 1. The van der Waals surface area contributed by atoms with Crippen molar-refractivity contribution < 1.29 is 14.3 Å². The predicted molar refractivity (Wildman–Crippen MR) is 71.5 cm³/mol. The average molecular weight is 279 g/mol. The molecule has 1 atom stereocenters. The molecule has 1 amide bonds. The maximum atomic E-state index is 12.0. The van der Waals surface area contributed by atoms with Gasteiger partial charge < -0.3 is 15.8 Å². The van der Waals surface area contributed by atoms with E-state index in [4.69, 9.17) is 5.73 Å². The summed E-state index contributed by atoms with van der Waals surface area (Å²) < 4.78 is 4.55. The van der Waals surface area contributed by atoms with Gasteiger partial charge in [0, 0.05) is 6.04 Å². The molecule has 6 heteroatoms. The number of carbonyl (C=O) groups excluding carboxylic acids is 2. The fourth-order valence-electron chi connectivity index (χ4n) is 2.16. The lowest BCUT2D eigenvalue weighted by molar-refractivity contribution is -0.141. The normalized spacial score (nSPS) is 19.3. The fraction of sp³-hybridized carbons (Fsp3) is 0.833. The number of hydrogen-bond donors (Lipinski definition) is 2. The minimum absolute atomic E-state index is 0. The molecule has 0 heterocycles. The highest BCUT2D eigenvalue weighted by atomic mass is 35.5. The van der Waals surface area contributed by atoms with E-state index < -0.39 is 5.54 Å². The van der Waals surface area contributed by atoms with Gasteiger partial charge >= 0.3 is 5.97 Å². The van der Waals surface area contributed by atoms with E-state index in [2.05, 4.69) is 10.1 Å². The number of amides is 1. The summed E-state index contributed by atoms with van der Waals surface area (Å²) in [6.07, 6.45) is 4.76. The monoisotopic (exact) mass is 278 g/mol. The van der Waals surface area contributed by atoms with E-state index in [-0.39, 0.29) is 36.7 Å². The minimum Gasteiger partial charge on any atom is -0.469 e. The molecule has 1 aliphatic carbocycles. The standard InChI is InChI=1S/C12H22N2O3.ClH/c1-9(8-10(15)17-2)14-11(16)12(13)6-4-3-5-7-12;/h9H,3-8,13H2,1-2H3,(H,14,16);1H. The van der Waals surface area contributed by atoms with Crippen LogP contribution in [0, 0.1) is 0 Å². The Kier molecular flexibility index (Phi) is 7.25. The van der Waals surface area contributed by atoms with Gasteiger partial charge in [-0.05, 0) is 19.8 Å². The second kappa shape index (κ2) is 7.59. The van der Waals surface area contributed by atoms with Crippen molar-refractivity contribution in [2.24, 2.45) is 5.73 Å². The molecular formula is C12H23ClN2O3. The lowest BCUT2D eigenvalue weighted by atomic mass is 9.81. The Bertz CT molecular complexity index is 291. The van der Waals surface area contributed by atoms with Crippen molar-refractivity contribution in [1.82, 2.24) is 5.32 Å². The summed E-state index contributed by atoms with van der Waals surface area (Å²) in [5, 5.41) is 2.79. The third-order valence-electron chi connectivity index (χ3n) is 3.28. The number of nitrogens with two attached hydrogens (primary N) is 1. The second-order valence-electron chi connectivity index (χ2n) is 4.87. The molecule has 0 spiro atoms. The molecule has 0 aromatic heterocycles. The summed E-state index contributed by atoms with van der Waals surface area (Å²) in [6.45, 7) is 1.78. The van der Waals surface area contributed by atoms with E-state index >= 15 is 0 Å². The smallest absolute Gasteiger partial charge is 0.307 e. The summed E-state index contributed by atoms with van der Waals surface area (Å²) >= 11 is 0. The van der Waals surface area contributed by atoms with Gasteiger partial charge in [-0.2, -0.15) is 0 Å². The van der Waals surface area contributed by atoms with Gasteiger partial charge in [-0.25, -0.2) is 0 Å². The van der Waals surface area contributed by atoms with Crippen molar-refractivity contribution in [2.45, 2.75) is 57.0 Å². The van der Waals surface area contributed by atoms with E-state index in [1.807, 2.05) is 0 Å². The summed E-state index contributed by atoms with van der Waals surface area (Å²) in [7, 11) is 1.34. The van der Waals surface area contributed by atoms with Gasteiger partial charge in [0.05, 0.1) is 19.1 Å². The minimum atomic E-state index is -0.747. The Hall–Kier alpha value is -0.810. The Balaban J connectivity index is 0.00000289. The quantitative estimate of drug-likeness (QED) is 0.756. The van der Waals surface area contributed by atoms with Crippen molar-refractivity contribution in [3.63, 3.8) is 0 Å². The van der Waals surface area contributed by atoms with Crippen LogP contribution in [0.5, 0.6) is 0 Å². The molecule has 0 bridgehead atoms. The van der Waals surface area contributed by atoms with Crippen molar-refractivity contribution >= 4 is 24.3 Å². The number of rotatable bonds is 4. The maximum Gasteiger partial charge on any atom is 0.307 e. The molecule has 0 saturated heterocycles. The zero-order chi connectivity index (χ0) is 12.9. The molecule has 0 aromatic rings. The molecule has 3 N–H and O–H groups in total. The number of halogens is 1. The zero-order valence-corrected chi connectivity index (χ0v) is 11.8. The first-order valence-corrected chi connectivity index (χ1v) is 6.14. The first-order valence-electron chi connectivity index (χ1n) is 6.14. The molecule has 18 heavy (non-hydrogen) atoms. The Morgan fingerprint density at radius 1 is 1.33 bits per heavy atom. The molecule has 1 saturated carbocycles. The topological polar surface area (TPSA) is 81.4 Å². The summed E-state index contributed by atoms with van der Waals surface area (Å²) in [5.41, 5.74) is 5.34. The van der Waals surface area contributed by atoms with E-state index in [0.717, 1.165) is 32.1 Å². The molecule has 0 aliphatic heterocycles. The summed E-state index contributed by atoms with van der Waals surface area (Å²) in [4.78, 5) is 23.1. The highest BCUT2D eigenvalue weighted by molar-refractivity contribution is 5.86. The molecule has 0 aromatic carbocycles. The third-order valence-corrected chi connectivity index (χ3v) is 3.28. The van der Waals surface area contributed by atoms with Crippen molar-refractivity contribution in [2.75, 3.05) is 7.11 Å². The summed E-state index contributed by atoms with van der Waals surface area (Å²) in [6, 6.07) is -0.239. The van der Waals surface area contributed by atoms with Gasteiger partial charge in [0.1, 0.15) is 0 Å². The number of ether oxygens (including phenoxy) is 1. The highest BCUT2D eigenvalue weighted by Gasteiger charge is 2.35. The maximum absolute atomic E-state index is 12.0. The molecule has 1 rings (SSSR count). The van der Waals surface area contributed by atoms with Crippen molar-refractivity contribution in [1.29, 1.82) is 0 Å². The number of nitrogens with one attached hydrogen (secondary N) is 1. The number of carbonyl (C=O) groups is 2. The lowest BCUT2D eigenvalue weighted by Crippen LogP contribution is -2.56. The van der Waals surface area contributed by atoms with Gasteiger partial charge in [-0.1, -0.05) is 19.3 Å². The Labute approximate surface area is 114 Å². The van der Waals surface area contributed by atoms with Crippen LogP contribution in [0.25, 0.3) is 0 Å². The van der Waals surface area contributed by atoms with Gasteiger partial charge in [0.15, 0.2) is 0 Å². The van der Waals surface area contributed by atoms with Crippen LogP contribution in [0.15, 0.2) is 0 Å². The first kappa shape index (κ1) is 17.2. The third kappa shape index (κ3) is 4.82. The molecule has 5 nitrogen and oxygen atoms in total. The van der Waals surface area contributed by atoms with Crippen LogP contribution in [-0.4, -0.2) is 30.6 Å². The fourth-order valence-corrected chi connectivity index (χ4v) is 2.16. The summed E-state index contributed by atoms with van der Waals surface area (Å²) in [5.74, 6) is -0.471. The van der Waals surface area contributed by atoms with Crippen LogP contribution in [-0.2, 0) is 14.3 Å². The van der Waals surface area contributed by atoms with Gasteiger partial charge in [0.2, 0.25) is 5.91 Å². The van der Waals surface area contributed by atoms with Crippen LogP contribution in [0.3, 0.4) is 0 Å². The number of methoxy groups -OCH3 is 1. The average Bonchev–Trinajstić information content (AvgIpc) is 2.29. The van der Waals surface area contributed by atoms with E-state index in [1.54, 1.807) is 6.92 Å². The van der Waals surface area contributed by atoms with Crippen LogP contribution >= 0.6 is 12.4 Å². The van der Waals surface area contributed by atoms with Crippen molar-refractivity contribution in [3.8, 4) is 0 Å². The molecule has 1 aliphatic rings. The van der Waals surface area contributed by atoms with E-state index in [1.165, 1.54) is 7.11 Å². The molecule has 106 valence electrons. The molecular weight excluding hydrogens is 256 g/mol. The number of hydrogen-bond acceptors (Lipinski definition) is 4. The molecule has 1 unspecified atom stereocenters.